The Bertz CT molecular complexity index is 1400. The first-order valence-electron chi connectivity index (χ1n) is 12.9. The Morgan fingerprint density at radius 1 is 0.973 bits per heavy atom. The van der Waals surface area contributed by atoms with Gasteiger partial charge in [-0.1, -0.05) is 69.2 Å². The Morgan fingerprint density at radius 2 is 1.68 bits per heavy atom. The molecule has 1 heterocycles. The topological polar surface area (TPSA) is 117 Å². The quantitative estimate of drug-likeness (QED) is 0.371. The summed E-state index contributed by atoms with van der Waals surface area (Å²) in [6.07, 6.45) is 5.25. The van der Waals surface area contributed by atoms with E-state index in [2.05, 4.69) is 4.72 Å². The van der Waals surface area contributed by atoms with Crippen LogP contribution in [0, 0.1) is 5.92 Å². The smallest absolute Gasteiger partial charge is 0.344 e. The van der Waals surface area contributed by atoms with Crippen molar-refractivity contribution >= 4 is 10.0 Å². The molecule has 4 rings (SSSR count). The molecule has 1 aromatic heterocycles. The fraction of sp³-hybridized carbons (Fsp3) is 0.414. The molecule has 0 spiro atoms. The van der Waals surface area contributed by atoms with Gasteiger partial charge in [-0.15, -0.1) is 0 Å². The monoisotopic (exact) mass is 525 g/mol. The number of fused-ring (bicyclic) bond motifs is 1. The van der Waals surface area contributed by atoms with Crippen molar-refractivity contribution in [2.75, 3.05) is 0 Å². The number of aliphatic hydroxyl groups is 1. The molecule has 0 saturated carbocycles. The van der Waals surface area contributed by atoms with E-state index in [0.717, 1.165) is 25.7 Å². The maximum atomic E-state index is 13.9. The van der Waals surface area contributed by atoms with Gasteiger partial charge < -0.3 is 14.6 Å². The van der Waals surface area contributed by atoms with Crippen molar-refractivity contribution in [2.24, 2.45) is 5.92 Å². The van der Waals surface area contributed by atoms with E-state index in [0.29, 0.717) is 40.9 Å². The summed E-state index contributed by atoms with van der Waals surface area (Å²) >= 11 is 0. The number of benzene rings is 2. The summed E-state index contributed by atoms with van der Waals surface area (Å²) in [4.78, 5) is 13.1. The second-order valence-corrected chi connectivity index (χ2v) is 11.8. The summed E-state index contributed by atoms with van der Waals surface area (Å²) in [7, 11) is -4.19. The highest BCUT2D eigenvalue weighted by Crippen LogP contribution is 2.36. The van der Waals surface area contributed by atoms with Crippen molar-refractivity contribution in [2.45, 2.75) is 76.3 Å². The van der Waals surface area contributed by atoms with E-state index >= 15 is 0 Å². The van der Waals surface area contributed by atoms with Crippen LogP contribution in [0.25, 0.3) is 11.1 Å². The van der Waals surface area contributed by atoms with Gasteiger partial charge in [-0.2, -0.15) is 0 Å². The number of aryl methyl sites for hydroxylation is 1. The molecule has 0 aliphatic heterocycles. The number of aliphatic hydroxyl groups excluding tert-OH is 1. The van der Waals surface area contributed by atoms with E-state index in [1.54, 1.807) is 36.4 Å². The van der Waals surface area contributed by atoms with E-state index in [1.807, 2.05) is 19.9 Å². The molecule has 8 heteroatoms. The lowest BCUT2D eigenvalue weighted by molar-refractivity contribution is 0.282. The molecule has 1 unspecified atom stereocenters. The van der Waals surface area contributed by atoms with Crippen molar-refractivity contribution in [1.82, 2.24) is 4.72 Å². The number of hydrogen-bond acceptors (Lipinski definition) is 6. The van der Waals surface area contributed by atoms with Crippen LogP contribution in [-0.2, 0) is 29.5 Å². The SMILES string of the molecule is CC(C)CC(NS(=O)(=O)c1cccc(CO)c1-c1ccccc1)c1c(O)c2c(oc1=O)CCCCCC2. The molecule has 3 aromatic rings. The largest absolute Gasteiger partial charge is 0.507 e. The average Bonchev–Trinajstić information content (AvgIpc) is 2.84. The van der Waals surface area contributed by atoms with Crippen LogP contribution in [0.3, 0.4) is 0 Å². The zero-order valence-electron chi connectivity index (χ0n) is 21.4. The highest BCUT2D eigenvalue weighted by molar-refractivity contribution is 7.89. The van der Waals surface area contributed by atoms with Gasteiger partial charge in [0.1, 0.15) is 11.5 Å². The van der Waals surface area contributed by atoms with Crippen LogP contribution in [0.4, 0.5) is 0 Å². The minimum absolute atomic E-state index is 0.00543. The zero-order chi connectivity index (χ0) is 26.6. The second-order valence-electron chi connectivity index (χ2n) is 10.1. The van der Waals surface area contributed by atoms with Crippen molar-refractivity contribution in [3.05, 3.63) is 81.4 Å². The molecule has 0 bridgehead atoms. The van der Waals surface area contributed by atoms with Crippen LogP contribution in [0.15, 0.2) is 62.6 Å². The third kappa shape index (κ3) is 5.98. The van der Waals surface area contributed by atoms with Gasteiger partial charge in [0.25, 0.3) is 0 Å². The third-order valence-corrected chi connectivity index (χ3v) is 8.40. The molecule has 2 aromatic carbocycles. The molecular weight excluding hydrogens is 490 g/mol. The van der Waals surface area contributed by atoms with E-state index in [1.165, 1.54) is 6.07 Å². The van der Waals surface area contributed by atoms with Crippen LogP contribution in [0.2, 0.25) is 0 Å². The number of sulfonamides is 1. The molecular formula is C29H35NO6S. The highest BCUT2D eigenvalue weighted by Gasteiger charge is 2.32. The number of aromatic hydroxyl groups is 1. The first kappa shape index (κ1) is 27.1. The van der Waals surface area contributed by atoms with Crippen molar-refractivity contribution in [3.8, 4) is 16.9 Å². The lowest BCUT2D eigenvalue weighted by Crippen LogP contribution is -2.33. The number of nitrogens with one attached hydrogen (secondary N) is 1. The van der Waals surface area contributed by atoms with E-state index in [9.17, 15) is 23.4 Å². The van der Waals surface area contributed by atoms with E-state index in [-0.39, 0.29) is 35.2 Å². The van der Waals surface area contributed by atoms with Crippen LogP contribution in [0.1, 0.15) is 74.4 Å². The Kier molecular flexibility index (Phi) is 8.52. The summed E-state index contributed by atoms with van der Waals surface area (Å²) in [6.45, 7) is 3.52. The lowest BCUT2D eigenvalue weighted by atomic mass is 9.92. The van der Waals surface area contributed by atoms with E-state index < -0.39 is 21.7 Å². The van der Waals surface area contributed by atoms with Gasteiger partial charge in [0.2, 0.25) is 10.0 Å². The molecule has 0 fully saturated rings. The van der Waals surface area contributed by atoms with Crippen molar-refractivity contribution in [3.63, 3.8) is 0 Å². The van der Waals surface area contributed by atoms with Crippen LogP contribution in [-0.4, -0.2) is 18.6 Å². The maximum absolute atomic E-state index is 13.9. The summed E-state index contributed by atoms with van der Waals surface area (Å²) in [6, 6.07) is 12.8. The minimum Gasteiger partial charge on any atom is -0.507 e. The van der Waals surface area contributed by atoms with Crippen LogP contribution in [0.5, 0.6) is 5.75 Å². The first-order valence-corrected chi connectivity index (χ1v) is 14.4. The van der Waals surface area contributed by atoms with Gasteiger partial charge in [0.15, 0.2) is 0 Å². The normalized spacial score (nSPS) is 15.1. The molecule has 1 aliphatic rings. The predicted octanol–water partition coefficient (Wildman–Crippen LogP) is 5.23. The molecule has 1 aliphatic carbocycles. The zero-order valence-corrected chi connectivity index (χ0v) is 22.2. The second kappa shape index (κ2) is 11.6. The van der Waals surface area contributed by atoms with E-state index in [4.69, 9.17) is 4.42 Å². The van der Waals surface area contributed by atoms with Crippen molar-refractivity contribution < 1.29 is 23.0 Å². The molecule has 7 nitrogen and oxygen atoms in total. The molecule has 37 heavy (non-hydrogen) atoms. The third-order valence-electron chi connectivity index (χ3n) is 6.88. The Labute approximate surface area is 218 Å². The fourth-order valence-electron chi connectivity index (χ4n) is 5.14. The van der Waals surface area contributed by atoms with Gasteiger partial charge in [-0.3, -0.25) is 0 Å². The van der Waals surface area contributed by atoms with Gasteiger partial charge in [-0.25, -0.2) is 17.9 Å². The summed E-state index contributed by atoms with van der Waals surface area (Å²) in [5.41, 5.74) is 1.37. The van der Waals surface area contributed by atoms with Gasteiger partial charge in [-0.05, 0) is 48.8 Å². The molecule has 0 radical (unpaired) electrons. The predicted molar refractivity (Wildman–Crippen MR) is 143 cm³/mol. The van der Waals surface area contributed by atoms with Crippen molar-refractivity contribution in [1.29, 1.82) is 0 Å². The first-order chi connectivity index (χ1) is 17.7. The molecule has 3 N–H and O–H groups in total. The molecule has 0 saturated heterocycles. The van der Waals surface area contributed by atoms with Gasteiger partial charge in [0.05, 0.1) is 23.1 Å². The summed E-state index contributed by atoms with van der Waals surface area (Å²) in [5, 5.41) is 21.2. The minimum atomic E-state index is -4.19. The number of rotatable bonds is 8. The van der Waals surface area contributed by atoms with Gasteiger partial charge in [0, 0.05) is 17.5 Å². The molecule has 0 amide bonds. The fourth-order valence-corrected chi connectivity index (χ4v) is 6.63. The van der Waals surface area contributed by atoms with Crippen LogP contribution < -0.4 is 10.3 Å². The lowest BCUT2D eigenvalue weighted by Gasteiger charge is -2.24. The Morgan fingerprint density at radius 3 is 2.35 bits per heavy atom. The van der Waals surface area contributed by atoms with Crippen LogP contribution >= 0.6 is 0 Å². The highest BCUT2D eigenvalue weighted by atomic mass is 32.2. The summed E-state index contributed by atoms with van der Waals surface area (Å²) < 4.78 is 36.1. The average molecular weight is 526 g/mol. The standard InChI is InChI=1S/C29H35NO6S/c1-19(2)17-23(27-28(32)22-14-8-3-4-9-15-24(22)36-29(27)33)30-37(34,35)25-16-10-13-21(18-31)26(25)20-11-6-5-7-12-20/h5-7,10-13,16,19,23,30-32H,3-4,8-9,14-15,17-18H2,1-2H3. The number of hydrogen-bond donors (Lipinski definition) is 3. The maximum Gasteiger partial charge on any atom is 0.344 e. The Hall–Kier alpha value is -2.94. The summed E-state index contributed by atoms with van der Waals surface area (Å²) in [5.74, 6) is 0.360. The molecule has 1 atom stereocenters. The molecule has 198 valence electrons. The Balaban J connectivity index is 1.82. The van der Waals surface area contributed by atoms with Gasteiger partial charge >= 0.3 is 5.63 Å².